The number of aromatic nitrogens is 4. The van der Waals surface area contributed by atoms with Gasteiger partial charge in [-0.1, -0.05) is 133 Å². The highest BCUT2D eigenvalue weighted by Gasteiger charge is 2.42. The molecule has 6 nitrogen and oxygen atoms in total. The highest BCUT2D eigenvalue weighted by atomic mass is 16.5. The van der Waals surface area contributed by atoms with Crippen LogP contribution >= 0.6 is 0 Å². The minimum Gasteiger partial charge on any atom is -0.461 e. The van der Waals surface area contributed by atoms with E-state index in [2.05, 4.69) is 58.8 Å². The lowest BCUT2D eigenvalue weighted by atomic mass is 9.77. The number of hydrogen-bond donors (Lipinski definition) is 0. The number of hydrogen-bond acceptors (Lipinski definition) is 5. The first-order valence-corrected chi connectivity index (χ1v) is 13.5. The normalized spacial score (nSPS) is 11.2. The van der Waals surface area contributed by atoms with Crippen molar-refractivity contribution in [2.75, 3.05) is 0 Å². The van der Waals surface area contributed by atoms with Gasteiger partial charge in [0, 0.05) is 12.5 Å². The largest absolute Gasteiger partial charge is 0.461 e. The molecule has 0 N–H and O–H groups in total. The van der Waals surface area contributed by atoms with Crippen LogP contribution in [0.15, 0.2) is 140 Å². The molecule has 6 rings (SSSR count). The van der Waals surface area contributed by atoms with Gasteiger partial charge in [0.25, 0.3) is 0 Å². The predicted octanol–water partition coefficient (Wildman–Crippen LogP) is 6.91. The Bertz CT molecular complexity index is 1660. The first-order chi connectivity index (χ1) is 20.2. The first kappa shape index (κ1) is 25.9. The lowest BCUT2D eigenvalue weighted by Gasteiger charge is -2.36. The van der Waals surface area contributed by atoms with Gasteiger partial charge >= 0.3 is 5.97 Å². The summed E-state index contributed by atoms with van der Waals surface area (Å²) in [7, 11) is 0. The van der Waals surface area contributed by atoms with Crippen molar-refractivity contribution in [3.8, 4) is 22.5 Å². The fraction of sp³-hybridized carbons (Fsp3) is 0.0857. The SMILES string of the molecule is CC(=O)OCc1ccc(-c2ccccc2)c(-c2nnnn2C(c2ccccc2)(c2ccccc2)c2ccccc2)c1. The smallest absolute Gasteiger partial charge is 0.302 e. The molecule has 0 spiro atoms. The number of tetrazole rings is 1. The van der Waals surface area contributed by atoms with Gasteiger partial charge in [-0.15, -0.1) is 5.10 Å². The van der Waals surface area contributed by atoms with Crippen LogP contribution in [0.4, 0.5) is 0 Å². The van der Waals surface area contributed by atoms with Gasteiger partial charge in [-0.05, 0) is 49.9 Å². The van der Waals surface area contributed by atoms with E-state index >= 15 is 0 Å². The monoisotopic (exact) mass is 536 g/mol. The van der Waals surface area contributed by atoms with E-state index in [9.17, 15) is 4.79 Å². The minimum atomic E-state index is -0.886. The Balaban J connectivity index is 1.67. The standard InChI is InChI=1S/C35H28N4O2/c1-26(40)41-25-27-22-23-32(28-14-6-2-7-15-28)33(24-27)34-36-37-38-39(34)35(29-16-8-3-9-17-29,30-18-10-4-11-19-30)31-20-12-5-13-21-31/h2-24H,25H2,1H3. The summed E-state index contributed by atoms with van der Waals surface area (Å²) in [4.78, 5) is 11.6. The van der Waals surface area contributed by atoms with Crippen molar-refractivity contribution < 1.29 is 9.53 Å². The van der Waals surface area contributed by atoms with Crippen LogP contribution in [0, 0.1) is 0 Å². The summed E-state index contributed by atoms with van der Waals surface area (Å²) in [6.45, 7) is 1.56. The van der Waals surface area contributed by atoms with Gasteiger partial charge in [-0.25, -0.2) is 4.68 Å². The van der Waals surface area contributed by atoms with Crippen molar-refractivity contribution in [2.24, 2.45) is 0 Å². The van der Waals surface area contributed by atoms with E-state index in [0.29, 0.717) is 5.82 Å². The molecular formula is C35H28N4O2. The van der Waals surface area contributed by atoms with Gasteiger partial charge in [0.05, 0.1) is 0 Å². The van der Waals surface area contributed by atoms with Gasteiger partial charge in [0.2, 0.25) is 0 Å². The molecule has 6 heteroatoms. The molecule has 1 heterocycles. The number of rotatable bonds is 8. The van der Waals surface area contributed by atoms with Gasteiger partial charge < -0.3 is 4.74 Å². The summed E-state index contributed by atoms with van der Waals surface area (Å²) in [5.41, 5.74) is 5.83. The zero-order chi connectivity index (χ0) is 28.1. The first-order valence-electron chi connectivity index (χ1n) is 13.5. The quantitative estimate of drug-likeness (QED) is 0.156. The molecule has 0 saturated carbocycles. The minimum absolute atomic E-state index is 0.153. The van der Waals surface area contributed by atoms with E-state index in [-0.39, 0.29) is 12.6 Å². The summed E-state index contributed by atoms with van der Waals surface area (Å²) in [5.74, 6) is 0.254. The molecular weight excluding hydrogens is 508 g/mol. The molecule has 0 saturated heterocycles. The number of carbonyl (C=O) groups excluding carboxylic acids is 1. The lowest BCUT2D eigenvalue weighted by molar-refractivity contribution is -0.142. The maximum atomic E-state index is 11.6. The van der Waals surface area contributed by atoms with Crippen LogP contribution < -0.4 is 0 Å². The maximum Gasteiger partial charge on any atom is 0.302 e. The summed E-state index contributed by atoms with van der Waals surface area (Å²) in [5, 5.41) is 13.6. The fourth-order valence-electron chi connectivity index (χ4n) is 5.41. The van der Waals surface area contributed by atoms with Crippen molar-refractivity contribution in [1.82, 2.24) is 20.2 Å². The Labute approximate surface area is 238 Å². The Morgan fingerprint density at radius 2 is 1.20 bits per heavy atom. The number of carbonyl (C=O) groups is 1. The van der Waals surface area contributed by atoms with E-state index < -0.39 is 5.54 Å². The molecule has 0 aliphatic carbocycles. The molecule has 0 unspecified atom stereocenters. The summed E-state index contributed by atoms with van der Waals surface area (Å²) in [6, 6.07) is 47.1. The van der Waals surface area contributed by atoms with Gasteiger partial charge in [-0.2, -0.15) is 0 Å². The summed E-state index contributed by atoms with van der Waals surface area (Å²) >= 11 is 0. The van der Waals surface area contributed by atoms with Crippen LogP contribution in [0.3, 0.4) is 0 Å². The molecule has 0 radical (unpaired) electrons. The molecule has 200 valence electrons. The second kappa shape index (κ2) is 11.4. The summed E-state index contributed by atoms with van der Waals surface area (Å²) in [6.07, 6.45) is 0. The topological polar surface area (TPSA) is 69.9 Å². The number of esters is 1. The number of ether oxygens (including phenoxy) is 1. The average Bonchev–Trinajstić information content (AvgIpc) is 3.52. The van der Waals surface area contributed by atoms with Crippen LogP contribution in [0.25, 0.3) is 22.5 Å². The molecule has 6 aromatic rings. The third-order valence-corrected chi connectivity index (χ3v) is 7.21. The van der Waals surface area contributed by atoms with E-state index in [1.165, 1.54) is 6.92 Å². The number of nitrogens with zero attached hydrogens (tertiary/aromatic N) is 4. The molecule has 5 aromatic carbocycles. The van der Waals surface area contributed by atoms with E-state index in [1.807, 2.05) is 95.7 Å². The van der Waals surface area contributed by atoms with Crippen molar-refractivity contribution in [2.45, 2.75) is 19.1 Å². The second-order valence-electron chi connectivity index (χ2n) is 9.75. The Kier molecular flexibility index (Phi) is 7.20. The van der Waals surface area contributed by atoms with E-state index in [0.717, 1.165) is 38.9 Å². The molecule has 0 amide bonds. The zero-order valence-electron chi connectivity index (χ0n) is 22.6. The van der Waals surface area contributed by atoms with Crippen LogP contribution in [0.1, 0.15) is 29.2 Å². The van der Waals surface area contributed by atoms with Crippen molar-refractivity contribution in [1.29, 1.82) is 0 Å². The van der Waals surface area contributed by atoms with Crippen molar-refractivity contribution >= 4 is 5.97 Å². The summed E-state index contributed by atoms with van der Waals surface area (Å²) < 4.78 is 7.27. The number of benzene rings is 5. The van der Waals surface area contributed by atoms with Gasteiger partial charge in [0.15, 0.2) is 5.82 Å². The molecule has 0 atom stereocenters. The molecule has 1 aromatic heterocycles. The average molecular weight is 537 g/mol. The zero-order valence-corrected chi connectivity index (χ0v) is 22.6. The third kappa shape index (κ3) is 4.92. The Morgan fingerprint density at radius 1 is 0.683 bits per heavy atom. The molecule has 0 aliphatic heterocycles. The molecule has 0 aliphatic rings. The van der Waals surface area contributed by atoms with Crippen molar-refractivity contribution in [3.05, 3.63) is 162 Å². The molecule has 41 heavy (non-hydrogen) atoms. The lowest BCUT2D eigenvalue weighted by Crippen LogP contribution is -2.39. The van der Waals surface area contributed by atoms with Gasteiger partial charge in [0.1, 0.15) is 12.1 Å². The van der Waals surface area contributed by atoms with E-state index in [4.69, 9.17) is 9.95 Å². The third-order valence-electron chi connectivity index (χ3n) is 7.21. The van der Waals surface area contributed by atoms with Crippen molar-refractivity contribution in [3.63, 3.8) is 0 Å². The second-order valence-corrected chi connectivity index (χ2v) is 9.75. The van der Waals surface area contributed by atoms with Crippen LogP contribution in [-0.4, -0.2) is 26.2 Å². The van der Waals surface area contributed by atoms with Crippen LogP contribution in [0.5, 0.6) is 0 Å². The molecule has 0 fully saturated rings. The maximum absolute atomic E-state index is 11.6. The van der Waals surface area contributed by atoms with Crippen LogP contribution in [0.2, 0.25) is 0 Å². The van der Waals surface area contributed by atoms with Crippen LogP contribution in [-0.2, 0) is 21.7 Å². The van der Waals surface area contributed by atoms with E-state index in [1.54, 1.807) is 0 Å². The highest BCUT2D eigenvalue weighted by molar-refractivity contribution is 5.81. The highest BCUT2D eigenvalue weighted by Crippen LogP contribution is 2.43. The fourth-order valence-corrected chi connectivity index (χ4v) is 5.41. The van der Waals surface area contributed by atoms with Gasteiger partial charge in [-0.3, -0.25) is 4.79 Å². The Hall–Kier alpha value is -5.36. The molecule has 0 bridgehead atoms. The Morgan fingerprint density at radius 3 is 1.71 bits per heavy atom. The predicted molar refractivity (Wildman–Crippen MR) is 159 cm³/mol.